The average molecular weight is 385 g/mol. The average Bonchev–Trinajstić information content (AvgIpc) is 3.43. The fourth-order valence-electron chi connectivity index (χ4n) is 4.06. The largest absolute Gasteiger partial charge is 0.507 e. The van der Waals surface area contributed by atoms with E-state index < -0.39 is 0 Å². The van der Waals surface area contributed by atoms with Crippen molar-refractivity contribution < 1.29 is 5.11 Å². The molecule has 1 aliphatic carbocycles. The summed E-state index contributed by atoms with van der Waals surface area (Å²) in [5.41, 5.74) is 9.25. The van der Waals surface area contributed by atoms with Crippen molar-refractivity contribution in [1.82, 2.24) is 19.9 Å². The first-order chi connectivity index (χ1) is 14.3. The summed E-state index contributed by atoms with van der Waals surface area (Å²) in [4.78, 5) is 8.88. The number of aromatic nitrogens is 4. The van der Waals surface area contributed by atoms with Crippen LogP contribution < -0.4 is 5.43 Å². The summed E-state index contributed by atoms with van der Waals surface area (Å²) in [7, 11) is 0. The van der Waals surface area contributed by atoms with Crippen LogP contribution in [0.1, 0.15) is 36.9 Å². The van der Waals surface area contributed by atoms with Crippen LogP contribution >= 0.6 is 0 Å². The quantitative estimate of drug-likeness (QED) is 0.460. The van der Waals surface area contributed by atoms with E-state index in [0.29, 0.717) is 12.3 Å². The minimum atomic E-state index is 0.353. The summed E-state index contributed by atoms with van der Waals surface area (Å²) in [5.74, 6) is 0.353. The van der Waals surface area contributed by atoms with Crippen molar-refractivity contribution in [2.45, 2.75) is 32.2 Å². The third-order valence-corrected chi connectivity index (χ3v) is 5.55. The van der Waals surface area contributed by atoms with Crippen molar-refractivity contribution in [3.63, 3.8) is 0 Å². The number of nitrogens with zero attached hydrogens (tertiary/aromatic N) is 3. The topological polar surface area (TPSA) is 78.8 Å². The number of para-hydroxylation sites is 1. The molecule has 2 aromatic heterocycles. The Labute approximate surface area is 168 Å². The van der Waals surface area contributed by atoms with Crippen LogP contribution in [0.5, 0.6) is 5.75 Å². The Kier molecular flexibility index (Phi) is 4.52. The van der Waals surface area contributed by atoms with Crippen molar-refractivity contribution in [3.8, 4) is 16.9 Å². The highest BCUT2D eigenvalue weighted by atomic mass is 16.3. The lowest BCUT2D eigenvalue weighted by molar-refractivity contribution is 0.475. The van der Waals surface area contributed by atoms with Crippen molar-refractivity contribution in [2.24, 2.45) is 0 Å². The molecule has 6 heteroatoms. The number of allylic oxidation sites excluding steroid dienone is 2. The van der Waals surface area contributed by atoms with Crippen LogP contribution in [0.4, 0.5) is 0 Å². The van der Waals surface area contributed by atoms with Crippen molar-refractivity contribution in [2.75, 3.05) is 5.43 Å². The predicted octanol–water partition coefficient (Wildman–Crippen LogP) is 4.83. The van der Waals surface area contributed by atoms with Crippen molar-refractivity contribution in [1.29, 1.82) is 0 Å². The van der Waals surface area contributed by atoms with Crippen LogP contribution in [-0.4, -0.2) is 25.0 Å². The molecule has 0 amide bonds. The molecule has 0 unspecified atom stereocenters. The number of nitrogens with one attached hydrogen (secondary N) is 2. The number of phenols is 1. The molecule has 2 aromatic carbocycles. The smallest absolute Gasteiger partial charge is 0.130 e. The van der Waals surface area contributed by atoms with Gasteiger partial charge in [-0.15, -0.1) is 0 Å². The molecule has 3 N–H and O–H groups in total. The fraction of sp³-hybridized carbons (Fsp3) is 0.217. The van der Waals surface area contributed by atoms with E-state index in [1.165, 1.54) is 18.4 Å². The number of H-pyrrole nitrogens is 1. The van der Waals surface area contributed by atoms with Gasteiger partial charge in [0.05, 0.1) is 30.3 Å². The zero-order valence-electron chi connectivity index (χ0n) is 16.1. The summed E-state index contributed by atoms with van der Waals surface area (Å²) >= 11 is 0. The van der Waals surface area contributed by atoms with Gasteiger partial charge in [0.25, 0.3) is 0 Å². The van der Waals surface area contributed by atoms with Crippen LogP contribution in [0, 0.1) is 0 Å². The molecule has 0 radical (unpaired) electrons. The van der Waals surface area contributed by atoms with Gasteiger partial charge in [-0.2, -0.15) is 9.89 Å². The standard InChI is InChI=1S/C23H23N5O/c29-23-18(16-6-2-1-3-7-16)8-4-10-20(23)19-9-5-11-22-21(19)14-27-28(22)26-13-17-12-24-15-25-17/h4-6,8-12,14-15,26,29H,1-3,7,13H2,(H,24,25). The number of aromatic amines is 1. The Balaban J connectivity index is 1.53. The van der Waals surface area contributed by atoms with Gasteiger partial charge in [0.15, 0.2) is 0 Å². The van der Waals surface area contributed by atoms with Crippen LogP contribution in [0.25, 0.3) is 27.6 Å². The number of fused-ring (bicyclic) bond motifs is 1. The molecule has 6 nitrogen and oxygen atoms in total. The highest BCUT2D eigenvalue weighted by molar-refractivity contribution is 5.97. The maximum atomic E-state index is 11.1. The van der Waals surface area contributed by atoms with E-state index in [-0.39, 0.29) is 0 Å². The first kappa shape index (κ1) is 17.6. The molecule has 1 aliphatic rings. The maximum Gasteiger partial charge on any atom is 0.130 e. The van der Waals surface area contributed by atoms with Gasteiger partial charge < -0.3 is 15.5 Å². The molecule has 146 valence electrons. The Morgan fingerprint density at radius 1 is 1.03 bits per heavy atom. The van der Waals surface area contributed by atoms with Crippen molar-refractivity contribution in [3.05, 3.63) is 72.5 Å². The molecule has 0 spiro atoms. The molecule has 0 saturated carbocycles. The highest BCUT2D eigenvalue weighted by Crippen LogP contribution is 2.40. The van der Waals surface area contributed by atoms with Gasteiger partial charge in [-0.3, -0.25) is 0 Å². The van der Waals surface area contributed by atoms with Gasteiger partial charge in [-0.1, -0.05) is 36.4 Å². The molecule has 0 atom stereocenters. The van der Waals surface area contributed by atoms with Gasteiger partial charge in [0.1, 0.15) is 5.75 Å². The molecule has 5 rings (SSSR count). The molecule has 2 heterocycles. The number of phenolic OH excluding ortho intramolecular Hbond substituents is 1. The number of rotatable bonds is 5. The molecule has 0 fully saturated rings. The molecule has 0 aliphatic heterocycles. The first-order valence-corrected chi connectivity index (χ1v) is 10.0. The van der Waals surface area contributed by atoms with E-state index in [4.69, 9.17) is 0 Å². The maximum absolute atomic E-state index is 11.1. The zero-order chi connectivity index (χ0) is 19.6. The van der Waals surface area contributed by atoms with Gasteiger partial charge in [-0.05, 0) is 42.9 Å². The summed E-state index contributed by atoms with van der Waals surface area (Å²) in [6.07, 6.45) is 12.1. The lowest BCUT2D eigenvalue weighted by Gasteiger charge is -2.16. The second kappa shape index (κ2) is 7.47. The van der Waals surface area contributed by atoms with E-state index in [2.05, 4.69) is 26.6 Å². The number of imidazole rings is 1. The monoisotopic (exact) mass is 385 g/mol. The minimum absolute atomic E-state index is 0.353. The zero-order valence-corrected chi connectivity index (χ0v) is 16.1. The molecule has 4 aromatic rings. The molecular formula is C23H23N5O. The number of hydrogen-bond acceptors (Lipinski definition) is 4. The SMILES string of the molecule is Oc1c(C2=CCCCC2)cccc1-c1cccc2c1cnn2NCc1cnc[nH]1. The molecule has 0 saturated heterocycles. The Morgan fingerprint density at radius 2 is 1.90 bits per heavy atom. The van der Waals surface area contributed by atoms with Gasteiger partial charge in [0, 0.05) is 22.7 Å². The van der Waals surface area contributed by atoms with E-state index >= 15 is 0 Å². The third kappa shape index (κ3) is 3.27. The van der Waals surface area contributed by atoms with E-state index in [9.17, 15) is 5.11 Å². The normalized spacial score (nSPS) is 14.1. The van der Waals surface area contributed by atoms with Crippen LogP contribution in [0.15, 0.2) is 61.2 Å². The highest BCUT2D eigenvalue weighted by Gasteiger charge is 2.17. The summed E-state index contributed by atoms with van der Waals surface area (Å²) in [6.45, 7) is 0.593. The predicted molar refractivity (Wildman–Crippen MR) is 115 cm³/mol. The molecule has 0 bridgehead atoms. The molecular weight excluding hydrogens is 362 g/mol. The van der Waals surface area contributed by atoms with E-state index in [1.807, 2.05) is 42.6 Å². The first-order valence-electron chi connectivity index (χ1n) is 10.0. The fourth-order valence-corrected chi connectivity index (χ4v) is 4.06. The Hall–Kier alpha value is -3.54. The number of aromatic hydroxyl groups is 1. The second-order valence-corrected chi connectivity index (χ2v) is 7.38. The Bertz CT molecular complexity index is 1170. The van der Waals surface area contributed by atoms with Gasteiger partial charge in [0.2, 0.25) is 0 Å². The van der Waals surface area contributed by atoms with Crippen molar-refractivity contribution >= 4 is 16.5 Å². The number of hydrogen-bond donors (Lipinski definition) is 3. The lowest BCUT2D eigenvalue weighted by Crippen LogP contribution is -2.15. The summed E-state index contributed by atoms with van der Waals surface area (Å²) < 4.78 is 0. The van der Waals surface area contributed by atoms with Crippen LogP contribution in [-0.2, 0) is 6.54 Å². The Morgan fingerprint density at radius 3 is 2.72 bits per heavy atom. The lowest BCUT2D eigenvalue weighted by atomic mass is 9.90. The minimum Gasteiger partial charge on any atom is -0.507 e. The third-order valence-electron chi connectivity index (χ3n) is 5.55. The van der Waals surface area contributed by atoms with Crippen LogP contribution in [0.2, 0.25) is 0 Å². The van der Waals surface area contributed by atoms with Crippen LogP contribution in [0.3, 0.4) is 0 Å². The van der Waals surface area contributed by atoms with Gasteiger partial charge >= 0.3 is 0 Å². The van der Waals surface area contributed by atoms with E-state index in [1.54, 1.807) is 17.3 Å². The second-order valence-electron chi connectivity index (χ2n) is 7.38. The van der Waals surface area contributed by atoms with Gasteiger partial charge in [-0.25, -0.2) is 4.98 Å². The molecule has 29 heavy (non-hydrogen) atoms. The summed E-state index contributed by atoms with van der Waals surface area (Å²) in [5, 5.41) is 16.6. The number of benzene rings is 2. The van der Waals surface area contributed by atoms with E-state index in [0.717, 1.165) is 46.1 Å². The summed E-state index contributed by atoms with van der Waals surface area (Å²) in [6, 6.07) is 12.1.